The third kappa shape index (κ3) is 3.47. The van der Waals surface area contributed by atoms with Crippen LogP contribution in [-0.2, 0) is 11.3 Å². The first-order chi connectivity index (χ1) is 9.70. The molecule has 3 nitrogen and oxygen atoms in total. The number of hydrogen-bond acceptors (Lipinski definition) is 2. The number of carbonyl (C=O) groups is 1. The fourth-order valence-electron chi connectivity index (χ4n) is 2.51. The van der Waals surface area contributed by atoms with Gasteiger partial charge in [0.1, 0.15) is 5.82 Å². The van der Waals surface area contributed by atoms with E-state index in [-0.39, 0.29) is 23.7 Å². The number of likely N-dealkylation sites (tertiary alicyclic amines) is 1. The molecule has 1 saturated heterocycles. The molecule has 2 atom stereocenters. The topological polar surface area (TPSA) is 40.5 Å². The maximum atomic E-state index is 13.7. The number of alkyl halides is 3. The van der Waals surface area contributed by atoms with Crippen molar-refractivity contribution in [3.63, 3.8) is 0 Å². The van der Waals surface area contributed by atoms with E-state index in [9.17, 15) is 22.4 Å². The van der Waals surface area contributed by atoms with Crippen LogP contribution in [0.2, 0.25) is 5.02 Å². The summed E-state index contributed by atoms with van der Waals surface area (Å²) in [4.78, 5) is 12.2. The van der Waals surface area contributed by atoms with Crippen LogP contribution in [0, 0.1) is 17.7 Å². The van der Waals surface area contributed by atoms with Crippen LogP contribution in [0.4, 0.5) is 17.6 Å². The second-order valence-electron chi connectivity index (χ2n) is 5.00. The minimum atomic E-state index is -4.59. The summed E-state index contributed by atoms with van der Waals surface area (Å²) >= 11 is 5.61. The van der Waals surface area contributed by atoms with E-state index in [0.717, 1.165) is 0 Å². The van der Waals surface area contributed by atoms with Crippen LogP contribution in [-0.4, -0.2) is 35.2 Å². The van der Waals surface area contributed by atoms with E-state index in [1.54, 1.807) is 0 Å². The zero-order valence-electron chi connectivity index (χ0n) is 10.7. The van der Waals surface area contributed by atoms with Gasteiger partial charge in [-0.05, 0) is 6.07 Å². The average molecular weight is 326 g/mol. The molecule has 0 radical (unpaired) electrons. The van der Waals surface area contributed by atoms with Crippen LogP contribution in [0.25, 0.3) is 0 Å². The highest BCUT2D eigenvalue weighted by Gasteiger charge is 2.52. The summed E-state index contributed by atoms with van der Waals surface area (Å²) in [6, 6.07) is 4.24. The molecule has 1 N–H and O–H groups in total. The monoisotopic (exact) mass is 325 g/mol. The van der Waals surface area contributed by atoms with E-state index in [1.807, 2.05) is 0 Å². The molecule has 0 bridgehead atoms. The van der Waals surface area contributed by atoms with Crippen LogP contribution < -0.4 is 0 Å². The van der Waals surface area contributed by atoms with Crippen molar-refractivity contribution in [1.82, 2.24) is 4.90 Å². The molecule has 0 spiro atoms. The summed E-state index contributed by atoms with van der Waals surface area (Å²) in [5, 5.41) is 8.79. The lowest BCUT2D eigenvalue weighted by atomic mass is 9.96. The Bertz CT molecular complexity index is 549. The first-order valence-corrected chi connectivity index (χ1v) is 6.52. The molecule has 1 aliphatic heterocycles. The Kier molecular flexibility index (Phi) is 4.43. The smallest absolute Gasteiger partial charge is 0.393 e. The molecule has 2 rings (SSSR count). The molecule has 1 fully saturated rings. The van der Waals surface area contributed by atoms with Crippen molar-refractivity contribution in [1.29, 1.82) is 0 Å². The van der Waals surface area contributed by atoms with Gasteiger partial charge in [0.05, 0.1) is 16.9 Å². The highest BCUT2D eigenvalue weighted by molar-refractivity contribution is 6.30. The van der Waals surface area contributed by atoms with Gasteiger partial charge in [0.2, 0.25) is 0 Å². The molecule has 0 amide bonds. The van der Waals surface area contributed by atoms with Crippen molar-refractivity contribution in [3.8, 4) is 0 Å². The first-order valence-electron chi connectivity index (χ1n) is 6.15. The number of hydrogen-bond donors (Lipinski definition) is 1. The van der Waals surface area contributed by atoms with Crippen LogP contribution in [0.1, 0.15) is 5.56 Å². The van der Waals surface area contributed by atoms with Gasteiger partial charge in [0.15, 0.2) is 0 Å². The van der Waals surface area contributed by atoms with Gasteiger partial charge in [0, 0.05) is 25.2 Å². The van der Waals surface area contributed by atoms with Crippen molar-refractivity contribution >= 4 is 17.6 Å². The predicted molar refractivity (Wildman–Crippen MR) is 67.4 cm³/mol. The Labute approximate surface area is 123 Å². The summed E-state index contributed by atoms with van der Waals surface area (Å²) in [6.45, 7) is -0.847. The van der Waals surface area contributed by atoms with E-state index in [0.29, 0.717) is 0 Å². The number of nitrogens with zero attached hydrogens (tertiary/aromatic N) is 1. The van der Waals surface area contributed by atoms with Crippen molar-refractivity contribution in [2.24, 2.45) is 11.8 Å². The van der Waals surface area contributed by atoms with Crippen molar-refractivity contribution < 1.29 is 27.5 Å². The molecule has 1 heterocycles. The second kappa shape index (κ2) is 5.81. The van der Waals surface area contributed by atoms with Gasteiger partial charge >= 0.3 is 12.1 Å². The largest absolute Gasteiger partial charge is 0.481 e. The van der Waals surface area contributed by atoms with E-state index >= 15 is 0 Å². The van der Waals surface area contributed by atoms with Gasteiger partial charge in [-0.15, -0.1) is 0 Å². The Morgan fingerprint density at radius 3 is 2.57 bits per heavy atom. The number of rotatable bonds is 3. The fourth-order valence-corrected chi connectivity index (χ4v) is 2.70. The molecule has 0 unspecified atom stereocenters. The van der Waals surface area contributed by atoms with Gasteiger partial charge in [-0.1, -0.05) is 23.7 Å². The summed E-state index contributed by atoms with van der Waals surface area (Å²) in [5.74, 6) is -5.67. The molecule has 1 aromatic rings. The van der Waals surface area contributed by atoms with Gasteiger partial charge in [0.25, 0.3) is 0 Å². The minimum absolute atomic E-state index is 0.108. The Hall–Kier alpha value is -1.34. The lowest BCUT2D eigenvalue weighted by Crippen LogP contribution is -2.33. The molecule has 8 heteroatoms. The molecule has 21 heavy (non-hydrogen) atoms. The maximum Gasteiger partial charge on any atom is 0.393 e. The normalized spacial score (nSPS) is 23.5. The predicted octanol–water partition coefficient (Wildman–Crippen LogP) is 3.17. The molecule has 0 aromatic heterocycles. The Morgan fingerprint density at radius 2 is 2.05 bits per heavy atom. The average Bonchev–Trinajstić information content (AvgIpc) is 2.79. The van der Waals surface area contributed by atoms with E-state index in [2.05, 4.69) is 0 Å². The molecule has 1 aliphatic rings. The summed E-state index contributed by atoms with van der Waals surface area (Å²) in [5.41, 5.74) is 0.148. The first kappa shape index (κ1) is 16.0. The number of carboxylic acids is 1. The molecule has 0 saturated carbocycles. The zero-order valence-corrected chi connectivity index (χ0v) is 11.5. The summed E-state index contributed by atoms with van der Waals surface area (Å²) < 4.78 is 52.3. The van der Waals surface area contributed by atoms with E-state index < -0.39 is 36.3 Å². The van der Waals surface area contributed by atoms with Crippen LogP contribution >= 0.6 is 11.6 Å². The molecule has 0 aliphatic carbocycles. The molecule has 1 aromatic carbocycles. The van der Waals surface area contributed by atoms with Gasteiger partial charge in [-0.3, -0.25) is 9.69 Å². The Morgan fingerprint density at radius 1 is 1.38 bits per heavy atom. The third-order valence-corrected chi connectivity index (χ3v) is 3.85. The van der Waals surface area contributed by atoms with Gasteiger partial charge in [-0.2, -0.15) is 13.2 Å². The van der Waals surface area contributed by atoms with Gasteiger partial charge in [-0.25, -0.2) is 4.39 Å². The number of benzene rings is 1. The standard InChI is InChI=1S/C13H12ClF4NO2/c14-10-3-1-2-7(11(10)15)4-19-5-8(12(20)21)9(6-19)13(16,17)18/h1-3,8-9H,4-6H2,(H,20,21)/t8-,9-/m1/s1. The maximum absolute atomic E-state index is 13.7. The fraction of sp³-hybridized carbons (Fsp3) is 0.462. The van der Waals surface area contributed by atoms with Crippen molar-refractivity contribution in [2.45, 2.75) is 12.7 Å². The van der Waals surface area contributed by atoms with E-state index in [1.165, 1.54) is 23.1 Å². The highest BCUT2D eigenvalue weighted by atomic mass is 35.5. The second-order valence-corrected chi connectivity index (χ2v) is 5.41. The minimum Gasteiger partial charge on any atom is -0.481 e. The van der Waals surface area contributed by atoms with Crippen LogP contribution in [0.15, 0.2) is 18.2 Å². The molecule has 116 valence electrons. The molecular weight excluding hydrogens is 314 g/mol. The van der Waals surface area contributed by atoms with E-state index in [4.69, 9.17) is 16.7 Å². The number of carboxylic acid groups (broad SMARTS) is 1. The SMILES string of the molecule is O=C(O)[C@@H]1CN(Cc2cccc(Cl)c2F)C[C@H]1C(F)(F)F. The van der Waals surface area contributed by atoms with Crippen LogP contribution in [0.3, 0.4) is 0 Å². The quantitative estimate of drug-likeness (QED) is 0.868. The summed E-state index contributed by atoms with van der Waals surface area (Å²) in [6.07, 6.45) is -4.59. The summed E-state index contributed by atoms with van der Waals surface area (Å²) in [7, 11) is 0. The zero-order chi connectivity index (χ0) is 15.8. The van der Waals surface area contributed by atoms with Crippen molar-refractivity contribution in [2.75, 3.05) is 13.1 Å². The lowest BCUT2D eigenvalue weighted by Gasteiger charge is -2.18. The van der Waals surface area contributed by atoms with Crippen molar-refractivity contribution in [3.05, 3.63) is 34.6 Å². The lowest BCUT2D eigenvalue weighted by molar-refractivity contribution is -0.188. The number of aliphatic carboxylic acids is 1. The highest BCUT2D eigenvalue weighted by Crippen LogP contribution is 2.38. The van der Waals surface area contributed by atoms with Gasteiger partial charge < -0.3 is 5.11 Å². The van der Waals surface area contributed by atoms with Crippen LogP contribution in [0.5, 0.6) is 0 Å². The molecular formula is C13H12ClF4NO2. The third-order valence-electron chi connectivity index (χ3n) is 3.56. The number of halogens is 5. The Balaban J connectivity index is 2.16.